The quantitative estimate of drug-likeness (QED) is 0.742. The second-order valence-corrected chi connectivity index (χ2v) is 4.62. The molecule has 0 aromatic heterocycles. The van der Waals surface area contributed by atoms with Gasteiger partial charge in [-0.2, -0.15) is 0 Å². The van der Waals surface area contributed by atoms with Crippen molar-refractivity contribution in [2.24, 2.45) is 5.73 Å². The molecule has 1 aromatic carbocycles. The highest BCUT2D eigenvalue weighted by Crippen LogP contribution is 2.26. The highest BCUT2D eigenvalue weighted by atomic mass is 14.6. The summed E-state index contributed by atoms with van der Waals surface area (Å²) in [7, 11) is 0. The molecule has 0 bridgehead atoms. The Labute approximate surface area is 98.4 Å². The Morgan fingerprint density at radius 2 is 1.69 bits per heavy atom. The third-order valence-corrected chi connectivity index (χ3v) is 3.38. The zero-order chi connectivity index (χ0) is 11.2. The van der Waals surface area contributed by atoms with Crippen molar-refractivity contribution in [2.75, 3.05) is 0 Å². The molecule has 0 aliphatic heterocycles. The van der Waals surface area contributed by atoms with Crippen LogP contribution >= 0.6 is 0 Å². The molecule has 0 radical (unpaired) electrons. The van der Waals surface area contributed by atoms with Gasteiger partial charge in [0.2, 0.25) is 0 Å². The Bertz CT molecular complexity index is 340. The van der Waals surface area contributed by atoms with E-state index in [1.165, 1.54) is 49.7 Å². The van der Waals surface area contributed by atoms with Gasteiger partial charge in [-0.15, -0.1) is 0 Å². The van der Waals surface area contributed by atoms with Crippen LogP contribution in [0.25, 0.3) is 0 Å². The largest absolute Gasteiger partial charge is 0.321 e. The van der Waals surface area contributed by atoms with Gasteiger partial charge < -0.3 is 5.73 Å². The Hall–Kier alpha value is -1.08. The Morgan fingerprint density at radius 1 is 0.938 bits per heavy atom. The third kappa shape index (κ3) is 2.96. The van der Waals surface area contributed by atoms with E-state index in [1.807, 2.05) is 6.07 Å². The van der Waals surface area contributed by atoms with Crippen LogP contribution in [0.5, 0.6) is 0 Å². The van der Waals surface area contributed by atoms with E-state index in [0.29, 0.717) is 0 Å². The van der Waals surface area contributed by atoms with Crippen LogP contribution < -0.4 is 5.73 Å². The summed E-state index contributed by atoms with van der Waals surface area (Å²) in [5, 5.41) is 0. The van der Waals surface area contributed by atoms with Gasteiger partial charge in [0.05, 0.1) is 6.04 Å². The average molecular weight is 215 g/mol. The molecule has 0 heterocycles. The molecule has 2 N–H and O–H groups in total. The average Bonchev–Trinajstić information content (AvgIpc) is 2.29. The summed E-state index contributed by atoms with van der Waals surface area (Å²) in [6, 6.07) is 10.5. The van der Waals surface area contributed by atoms with Crippen LogP contribution in [0.4, 0.5) is 0 Å². The van der Waals surface area contributed by atoms with Crippen LogP contribution in [-0.4, -0.2) is 0 Å². The van der Waals surface area contributed by atoms with Crippen LogP contribution in [0.3, 0.4) is 0 Å². The molecule has 1 aliphatic carbocycles. The van der Waals surface area contributed by atoms with Gasteiger partial charge >= 0.3 is 0 Å². The van der Waals surface area contributed by atoms with E-state index in [9.17, 15) is 0 Å². The lowest BCUT2D eigenvalue weighted by atomic mass is 9.91. The Balaban J connectivity index is 2.10. The monoisotopic (exact) mass is 215 g/mol. The molecule has 0 amide bonds. The predicted octanol–water partition coefficient (Wildman–Crippen LogP) is 3.97. The van der Waals surface area contributed by atoms with Crippen molar-refractivity contribution >= 4 is 0 Å². The molecule has 1 nitrogen and oxygen atoms in total. The van der Waals surface area contributed by atoms with Gasteiger partial charge in [-0.25, -0.2) is 0 Å². The molecule has 0 fully saturated rings. The van der Waals surface area contributed by atoms with Gasteiger partial charge in [-0.05, 0) is 31.2 Å². The van der Waals surface area contributed by atoms with Gasteiger partial charge in [0.25, 0.3) is 0 Å². The van der Waals surface area contributed by atoms with Crippen LogP contribution in [0.1, 0.15) is 50.1 Å². The van der Waals surface area contributed by atoms with Crippen molar-refractivity contribution in [2.45, 2.75) is 44.6 Å². The van der Waals surface area contributed by atoms with Crippen molar-refractivity contribution < 1.29 is 0 Å². The van der Waals surface area contributed by atoms with Gasteiger partial charge in [-0.1, -0.05) is 54.8 Å². The smallest absolute Gasteiger partial charge is 0.0510 e. The Morgan fingerprint density at radius 3 is 2.50 bits per heavy atom. The maximum Gasteiger partial charge on any atom is 0.0510 e. The van der Waals surface area contributed by atoms with E-state index < -0.39 is 0 Å². The fourth-order valence-electron chi connectivity index (χ4n) is 2.37. The molecule has 0 spiro atoms. The molecular weight excluding hydrogens is 194 g/mol. The van der Waals surface area contributed by atoms with E-state index in [2.05, 4.69) is 30.3 Å². The molecule has 1 atom stereocenters. The molecular formula is C15H21N. The first-order valence-electron chi connectivity index (χ1n) is 6.37. The number of nitrogens with two attached hydrogens (primary N) is 1. The molecule has 1 unspecified atom stereocenters. The first-order chi connectivity index (χ1) is 7.88. The first-order valence-corrected chi connectivity index (χ1v) is 6.37. The van der Waals surface area contributed by atoms with Crippen LogP contribution in [0, 0.1) is 0 Å². The fraction of sp³-hybridized carbons (Fsp3) is 0.467. The normalized spacial score (nSPS) is 22.7. The van der Waals surface area contributed by atoms with Crippen LogP contribution in [-0.2, 0) is 0 Å². The van der Waals surface area contributed by atoms with Crippen molar-refractivity contribution in [3.63, 3.8) is 0 Å². The molecule has 0 saturated heterocycles. The van der Waals surface area contributed by atoms with E-state index in [4.69, 9.17) is 5.73 Å². The minimum absolute atomic E-state index is 0.110. The maximum absolute atomic E-state index is 6.32. The lowest BCUT2D eigenvalue weighted by Crippen LogP contribution is -2.13. The molecule has 1 heteroatoms. The molecule has 86 valence electrons. The number of hydrogen-bond donors (Lipinski definition) is 1. The van der Waals surface area contributed by atoms with E-state index in [-0.39, 0.29) is 6.04 Å². The minimum atomic E-state index is 0.110. The second kappa shape index (κ2) is 5.86. The summed E-state index contributed by atoms with van der Waals surface area (Å²) in [5.74, 6) is 0. The van der Waals surface area contributed by atoms with E-state index in [1.54, 1.807) is 0 Å². The van der Waals surface area contributed by atoms with Crippen molar-refractivity contribution in [1.82, 2.24) is 0 Å². The van der Waals surface area contributed by atoms with Gasteiger partial charge in [0.15, 0.2) is 0 Å². The SMILES string of the molecule is NC(/C1=C/CCCCCC1)c1ccccc1. The van der Waals surface area contributed by atoms with Crippen LogP contribution in [0.2, 0.25) is 0 Å². The minimum Gasteiger partial charge on any atom is -0.321 e. The summed E-state index contributed by atoms with van der Waals surface area (Å²) in [6.45, 7) is 0. The topological polar surface area (TPSA) is 26.0 Å². The number of hydrogen-bond acceptors (Lipinski definition) is 1. The van der Waals surface area contributed by atoms with Gasteiger partial charge in [0.1, 0.15) is 0 Å². The second-order valence-electron chi connectivity index (χ2n) is 4.62. The standard InChI is InChI=1S/C15H21N/c16-15(14-11-7-4-8-12-14)13-9-5-2-1-3-6-10-13/h4,7-9,11-12,15H,1-3,5-6,10,16H2/b13-9+. The molecule has 1 aliphatic rings. The third-order valence-electron chi connectivity index (χ3n) is 3.38. The molecule has 1 aromatic rings. The summed E-state index contributed by atoms with van der Waals surface area (Å²) in [4.78, 5) is 0. The van der Waals surface area contributed by atoms with E-state index >= 15 is 0 Å². The summed E-state index contributed by atoms with van der Waals surface area (Å²) < 4.78 is 0. The maximum atomic E-state index is 6.32. The molecule has 0 saturated carbocycles. The lowest BCUT2D eigenvalue weighted by molar-refractivity contribution is 0.602. The molecule has 16 heavy (non-hydrogen) atoms. The fourth-order valence-corrected chi connectivity index (χ4v) is 2.37. The summed E-state index contributed by atoms with van der Waals surface area (Å²) in [5.41, 5.74) is 9.00. The van der Waals surface area contributed by atoms with E-state index in [0.717, 1.165) is 0 Å². The summed E-state index contributed by atoms with van der Waals surface area (Å²) in [6.07, 6.45) is 10.1. The van der Waals surface area contributed by atoms with Crippen molar-refractivity contribution in [1.29, 1.82) is 0 Å². The highest BCUT2D eigenvalue weighted by molar-refractivity contribution is 5.27. The summed E-state index contributed by atoms with van der Waals surface area (Å²) >= 11 is 0. The lowest BCUT2D eigenvalue weighted by Gasteiger charge is -2.18. The van der Waals surface area contributed by atoms with Gasteiger partial charge in [0, 0.05) is 0 Å². The number of rotatable bonds is 2. The van der Waals surface area contributed by atoms with Crippen LogP contribution in [0.15, 0.2) is 42.0 Å². The number of benzene rings is 1. The first kappa shape index (κ1) is 11.4. The predicted molar refractivity (Wildman–Crippen MR) is 69.2 cm³/mol. The van der Waals surface area contributed by atoms with Crippen molar-refractivity contribution in [3.8, 4) is 0 Å². The zero-order valence-corrected chi connectivity index (χ0v) is 9.86. The highest BCUT2D eigenvalue weighted by Gasteiger charge is 2.12. The Kier molecular flexibility index (Phi) is 4.17. The van der Waals surface area contributed by atoms with Gasteiger partial charge in [-0.3, -0.25) is 0 Å². The molecule has 2 rings (SSSR count). The van der Waals surface area contributed by atoms with Crippen molar-refractivity contribution in [3.05, 3.63) is 47.5 Å². The zero-order valence-electron chi connectivity index (χ0n) is 9.86. The number of allylic oxidation sites excluding steroid dienone is 1.